The van der Waals surface area contributed by atoms with Crippen LogP contribution in [0.2, 0.25) is 0 Å². The monoisotopic (exact) mass is 228 g/mol. The number of carbonyl (C=O) groups excluding carboxylic acids is 1. The first-order chi connectivity index (χ1) is 7.15. The van der Waals surface area contributed by atoms with Crippen molar-refractivity contribution in [1.82, 2.24) is 5.32 Å². The summed E-state index contributed by atoms with van der Waals surface area (Å²) in [4.78, 5) is 21.9. The topological polar surface area (TPSA) is 78.4 Å². The highest BCUT2D eigenvalue weighted by Crippen LogP contribution is 2.22. The third-order valence-electron chi connectivity index (χ3n) is 1.66. The number of hydrogen-bond acceptors (Lipinski definition) is 3. The zero-order chi connectivity index (χ0) is 11.3. The molecule has 82 valence electrons. The first-order valence-corrected chi connectivity index (χ1v) is 5.38. The minimum absolute atomic E-state index is 0.117. The number of carboxylic acids is 1. The van der Waals surface area contributed by atoms with Crippen molar-refractivity contribution in [3.63, 3.8) is 0 Å². The Hall–Kier alpha value is -1.56. The van der Waals surface area contributed by atoms with Gasteiger partial charge in [-0.05, 0) is 17.9 Å². The van der Waals surface area contributed by atoms with Gasteiger partial charge in [-0.1, -0.05) is 6.92 Å². The van der Waals surface area contributed by atoms with E-state index in [1.54, 1.807) is 5.38 Å². The van der Waals surface area contributed by atoms with Crippen LogP contribution in [0.5, 0.6) is 0 Å². The fourth-order valence-electron chi connectivity index (χ4n) is 0.960. The summed E-state index contributed by atoms with van der Waals surface area (Å²) in [5, 5.41) is 15.9. The molecule has 1 aromatic heterocycles. The summed E-state index contributed by atoms with van der Waals surface area (Å²) in [6, 6.07) is 1.09. The lowest BCUT2D eigenvalue weighted by Gasteiger charge is -2.05. The maximum Gasteiger partial charge on any atom is 0.338 e. The minimum atomic E-state index is -1.04. The Balaban J connectivity index is 2.60. The van der Waals surface area contributed by atoms with E-state index < -0.39 is 5.97 Å². The van der Waals surface area contributed by atoms with E-state index in [-0.39, 0.29) is 11.6 Å². The Bertz CT molecular complexity index is 362. The average molecular weight is 228 g/mol. The first-order valence-electron chi connectivity index (χ1n) is 4.50. The molecule has 2 amide bonds. The number of thiophene rings is 1. The molecule has 0 radical (unpaired) electrons. The van der Waals surface area contributed by atoms with Crippen molar-refractivity contribution in [3.05, 3.63) is 17.0 Å². The van der Waals surface area contributed by atoms with Gasteiger partial charge in [0.15, 0.2) is 0 Å². The van der Waals surface area contributed by atoms with Crippen LogP contribution < -0.4 is 10.6 Å². The van der Waals surface area contributed by atoms with Gasteiger partial charge in [-0.3, -0.25) is 5.32 Å². The van der Waals surface area contributed by atoms with E-state index in [4.69, 9.17) is 5.11 Å². The third kappa shape index (κ3) is 3.25. The summed E-state index contributed by atoms with van der Waals surface area (Å²) in [6.45, 7) is 2.51. The van der Waals surface area contributed by atoms with Crippen LogP contribution >= 0.6 is 11.3 Å². The molecule has 0 aliphatic heterocycles. The predicted octanol–water partition coefficient (Wildman–Crippen LogP) is 1.98. The van der Waals surface area contributed by atoms with Crippen LogP contribution in [-0.2, 0) is 0 Å². The van der Waals surface area contributed by atoms with Gasteiger partial charge in [0.25, 0.3) is 0 Å². The lowest BCUT2D eigenvalue weighted by Crippen LogP contribution is -2.29. The molecule has 0 saturated carbocycles. The summed E-state index contributed by atoms with van der Waals surface area (Å²) in [5.41, 5.74) is 0.117. The number of aromatic carboxylic acids is 1. The summed E-state index contributed by atoms with van der Waals surface area (Å²) in [7, 11) is 0. The van der Waals surface area contributed by atoms with Crippen molar-refractivity contribution in [1.29, 1.82) is 0 Å². The molecule has 5 nitrogen and oxygen atoms in total. The molecule has 0 atom stereocenters. The second kappa shape index (κ2) is 5.35. The fraction of sp³-hybridized carbons (Fsp3) is 0.333. The second-order valence-corrected chi connectivity index (χ2v) is 3.77. The molecule has 6 heteroatoms. The number of carboxylic acid groups (broad SMARTS) is 1. The molecule has 0 saturated heterocycles. The summed E-state index contributed by atoms with van der Waals surface area (Å²) in [6.07, 6.45) is 0.837. The van der Waals surface area contributed by atoms with Gasteiger partial charge >= 0.3 is 12.0 Å². The van der Waals surface area contributed by atoms with Crippen molar-refractivity contribution < 1.29 is 14.7 Å². The molecule has 1 aromatic rings. The Morgan fingerprint density at radius 2 is 2.27 bits per heavy atom. The molecule has 0 unspecified atom stereocenters. The molecule has 3 N–H and O–H groups in total. The van der Waals surface area contributed by atoms with E-state index in [2.05, 4.69) is 10.6 Å². The highest BCUT2D eigenvalue weighted by Gasteiger charge is 2.12. The third-order valence-corrected chi connectivity index (χ3v) is 2.49. The maximum absolute atomic E-state index is 11.2. The van der Waals surface area contributed by atoms with Crippen LogP contribution in [0.3, 0.4) is 0 Å². The first kappa shape index (κ1) is 11.5. The second-order valence-electron chi connectivity index (χ2n) is 2.85. The Morgan fingerprint density at radius 1 is 1.53 bits per heavy atom. The zero-order valence-corrected chi connectivity index (χ0v) is 9.06. The standard InChI is InChI=1S/C9H12N2O3S/c1-2-4-10-9(14)11-7-6(8(12)13)3-5-15-7/h3,5H,2,4H2,1H3,(H,12,13)(H2,10,11,14). The van der Waals surface area contributed by atoms with E-state index in [0.717, 1.165) is 6.42 Å². The lowest BCUT2D eigenvalue weighted by atomic mass is 10.3. The molecule has 0 bridgehead atoms. The number of anilines is 1. The van der Waals surface area contributed by atoms with Gasteiger partial charge in [0.05, 0.1) is 5.56 Å². The van der Waals surface area contributed by atoms with Gasteiger partial charge in [-0.2, -0.15) is 0 Å². The molecule has 0 spiro atoms. The average Bonchev–Trinajstić information content (AvgIpc) is 2.62. The maximum atomic E-state index is 11.2. The SMILES string of the molecule is CCCNC(=O)Nc1sccc1C(=O)O. The number of nitrogens with one attached hydrogen (secondary N) is 2. The van der Waals surface area contributed by atoms with Gasteiger partial charge in [-0.15, -0.1) is 11.3 Å². The van der Waals surface area contributed by atoms with Gasteiger partial charge in [0.1, 0.15) is 5.00 Å². The van der Waals surface area contributed by atoms with Crippen LogP contribution in [0.15, 0.2) is 11.4 Å². The lowest BCUT2D eigenvalue weighted by molar-refractivity contribution is 0.0698. The van der Waals surface area contributed by atoms with Gasteiger partial charge < -0.3 is 10.4 Å². The number of hydrogen-bond donors (Lipinski definition) is 3. The van der Waals surface area contributed by atoms with Crippen molar-refractivity contribution >= 4 is 28.3 Å². The molecule has 0 aromatic carbocycles. The van der Waals surface area contributed by atoms with E-state index >= 15 is 0 Å². The zero-order valence-electron chi connectivity index (χ0n) is 8.24. The van der Waals surface area contributed by atoms with E-state index in [1.807, 2.05) is 6.92 Å². The van der Waals surface area contributed by atoms with Crippen molar-refractivity contribution in [2.75, 3.05) is 11.9 Å². The largest absolute Gasteiger partial charge is 0.478 e. The predicted molar refractivity (Wildman–Crippen MR) is 58.6 cm³/mol. The normalized spacial score (nSPS) is 9.67. The molecule has 0 fully saturated rings. The van der Waals surface area contributed by atoms with Crippen molar-refractivity contribution in [2.24, 2.45) is 0 Å². The summed E-state index contributed by atoms with van der Waals surface area (Å²) in [5.74, 6) is -1.04. The van der Waals surface area contributed by atoms with E-state index in [0.29, 0.717) is 11.5 Å². The molecular formula is C9H12N2O3S. The summed E-state index contributed by atoms with van der Waals surface area (Å²) >= 11 is 1.19. The molecule has 1 heterocycles. The van der Waals surface area contributed by atoms with Gasteiger partial charge in [0.2, 0.25) is 0 Å². The Kier molecular flexibility index (Phi) is 4.11. The van der Waals surface area contributed by atoms with Crippen molar-refractivity contribution in [3.8, 4) is 0 Å². The smallest absolute Gasteiger partial charge is 0.338 e. The van der Waals surface area contributed by atoms with Crippen LogP contribution in [0, 0.1) is 0 Å². The number of carbonyl (C=O) groups is 2. The van der Waals surface area contributed by atoms with Crippen LogP contribution in [0.1, 0.15) is 23.7 Å². The summed E-state index contributed by atoms with van der Waals surface area (Å²) < 4.78 is 0. The van der Waals surface area contributed by atoms with Gasteiger partial charge in [0, 0.05) is 6.54 Å². The molecule has 0 aliphatic rings. The van der Waals surface area contributed by atoms with Crippen LogP contribution in [-0.4, -0.2) is 23.7 Å². The van der Waals surface area contributed by atoms with Crippen molar-refractivity contribution in [2.45, 2.75) is 13.3 Å². The molecule has 1 rings (SSSR count). The Morgan fingerprint density at radius 3 is 2.87 bits per heavy atom. The minimum Gasteiger partial charge on any atom is -0.478 e. The van der Waals surface area contributed by atoms with E-state index in [1.165, 1.54) is 17.4 Å². The van der Waals surface area contributed by atoms with Crippen LogP contribution in [0.4, 0.5) is 9.80 Å². The quantitative estimate of drug-likeness (QED) is 0.737. The Labute approximate surface area is 91.1 Å². The van der Waals surface area contributed by atoms with Crippen LogP contribution in [0.25, 0.3) is 0 Å². The number of urea groups is 1. The fourth-order valence-corrected chi connectivity index (χ4v) is 1.73. The molecular weight excluding hydrogens is 216 g/mol. The highest BCUT2D eigenvalue weighted by molar-refractivity contribution is 7.14. The number of amides is 2. The highest BCUT2D eigenvalue weighted by atomic mass is 32.1. The van der Waals surface area contributed by atoms with Gasteiger partial charge in [-0.25, -0.2) is 9.59 Å². The number of rotatable bonds is 4. The molecule has 15 heavy (non-hydrogen) atoms. The molecule has 0 aliphatic carbocycles. The van der Waals surface area contributed by atoms with E-state index in [9.17, 15) is 9.59 Å².